The first kappa shape index (κ1) is 8.26. The van der Waals surface area contributed by atoms with E-state index in [4.69, 9.17) is 4.74 Å². The van der Waals surface area contributed by atoms with Crippen molar-refractivity contribution < 1.29 is 9.53 Å². The first-order chi connectivity index (χ1) is 6.83. The van der Waals surface area contributed by atoms with E-state index >= 15 is 0 Å². The minimum absolute atomic E-state index is 0.0749. The van der Waals surface area contributed by atoms with Gasteiger partial charge in [-0.15, -0.1) is 0 Å². The lowest BCUT2D eigenvalue weighted by molar-refractivity contribution is -0.119. The Morgan fingerprint density at radius 3 is 2.36 bits per heavy atom. The van der Waals surface area contributed by atoms with Crippen molar-refractivity contribution in [3.8, 4) is 0 Å². The second-order valence-electron chi connectivity index (χ2n) is 4.44. The highest BCUT2D eigenvalue weighted by molar-refractivity contribution is 6.00. The maximum absolute atomic E-state index is 10.9. The first-order valence-electron chi connectivity index (χ1n) is 5.33. The van der Waals surface area contributed by atoms with Gasteiger partial charge in [0.15, 0.2) is 6.61 Å². The lowest BCUT2D eigenvalue weighted by Crippen LogP contribution is -2.24. The zero-order chi connectivity index (χ0) is 9.54. The number of aliphatic imine (C=N–C) groups is 1. The third-order valence-electron chi connectivity index (χ3n) is 3.06. The van der Waals surface area contributed by atoms with Gasteiger partial charge >= 0.3 is 0 Å². The Kier molecular flexibility index (Phi) is 1.75. The molecule has 0 aromatic rings. The minimum Gasteiger partial charge on any atom is -0.455 e. The fourth-order valence-electron chi connectivity index (χ4n) is 2.00. The predicted molar refractivity (Wildman–Crippen MR) is 50.8 cm³/mol. The Labute approximate surface area is 82.7 Å². The molecular weight excluding hydrogens is 180 g/mol. The van der Waals surface area contributed by atoms with Crippen LogP contribution in [0.2, 0.25) is 0 Å². The molecule has 14 heavy (non-hydrogen) atoms. The number of amidine groups is 1. The number of carbonyl (C=O) groups excluding carboxylic acids is 1. The van der Waals surface area contributed by atoms with Crippen LogP contribution in [-0.4, -0.2) is 24.6 Å². The maximum atomic E-state index is 10.9. The molecule has 4 nitrogen and oxygen atoms in total. The second kappa shape index (κ2) is 2.97. The van der Waals surface area contributed by atoms with Crippen LogP contribution in [0, 0.1) is 11.8 Å². The van der Waals surface area contributed by atoms with Gasteiger partial charge in [0, 0.05) is 0 Å². The Bertz CT molecular complexity index is 280. The van der Waals surface area contributed by atoms with Gasteiger partial charge in [-0.1, -0.05) is 0 Å². The standard InChI is InChI=1S/C10H14N2O2/c13-8-5-14-10(11-8)12-9(6-1-2-6)7-3-4-7/h6-7,9H,1-5H2,(H,11,12,13). The largest absolute Gasteiger partial charge is 0.455 e. The van der Waals surface area contributed by atoms with E-state index in [2.05, 4.69) is 10.3 Å². The minimum atomic E-state index is -0.0749. The first-order valence-corrected chi connectivity index (χ1v) is 5.33. The Morgan fingerprint density at radius 1 is 1.29 bits per heavy atom. The van der Waals surface area contributed by atoms with Crippen LogP contribution in [0.4, 0.5) is 0 Å². The summed E-state index contributed by atoms with van der Waals surface area (Å²) in [5, 5.41) is 2.64. The third-order valence-corrected chi connectivity index (χ3v) is 3.06. The van der Waals surface area contributed by atoms with Crippen LogP contribution in [-0.2, 0) is 9.53 Å². The van der Waals surface area contributed by atoms with Crippen molar-refractivity contribution in [3.05, 3.63) is 0 Å². The van der Waals surface area contributed by atoms with Crippen molar-refractivity contribution in [2.24, 2.45) is 16.8 Å². The summed E-state index contributed by atoms with van der Waals surface area (Å²) in [6, 6.07) is 0.877. The van der Waals surface area contributed by atoms with Gasteiger partial charge in [0.05, 0.1) is 6.04 Å². The molecule has 3 aliphatic rings. The summed E-state index contributed by atoms with van der Waals surface area (Å²) in [5.41, 5.74) is 0. The van der Waals surface area contributed by atoms with Crippen LogP contribution in [0.25, 0.3) is 0 Å². The van der Waals surface area contributed by atoms with Gasteiger partial charge in [0.2, 0.25) is 0 Å². The van der Waals surface area contributed by atoms with E-state index in [0.29, 0.717) is 12.1 Å². The molecule has 0 aromatic carbocycles. The van der Waals surface area contributed by atoms with Crippen molar-refractivity contribution in [3.63, 3.8) is 0 Å². The molecule has 0 aromatic heterocycles. The predicted octanol–water partition coefficient (Wildman–Crippen LogP) is 0.677. The highest BCUT2D eigenvalue weighted by Crippen LogP contribution is 2.46. The van der Waals surface area contributed by atoms with E-state index in [9.17, 15) is 4.79 Å². The summed E-state index contributed by atoms with van der Waals surface area (Å²) in [6.45, 7) is 0.140. The molecule has 3 rings (SSSR count). The fraction of sp³-hybridized carbons (Fsp3) is 0.800. The SMILES string of the molecule is O=C1COC(=NC(C2CC2)C2CC2)N1. The molecule has 1 saturated heterocycles. The molecule has 0 atom stereocenters. The number of nitrogens with one attached hydrogen (secondary N) is 1. The molecule has 1 heterocycles. The van der Waals surface area contributed by atoms with E-state index in [-0.39, 0.29) is 12.5 Å². The third kappa shape index (κ3) is 1.61. The monoisotopic (exact) mass is 194 g/mol. The summed E-state index contributed by atoms with van der Waals surface area (Å²) < 4.78 is 5.14. The van der Waals surface area contributed by atoms with E-state index in [0.717, 1.165) is 11.8 Å². The molecule has 1 aliphatic heterocycles. The van der Waals surface area contributed by atoms with Crippen molar-refractivity contribution in [2.75, 3.05) is 6.61 Å². The topological polar surface area (TPSA) is 50.7 Å². The van der Waals surface area contributed by atoms with Crippen molar-refractivity contribution >= 4 is 11.9 Å². The van der Waals surface area contributed by atoms with Gasteiger partial charge in [-0.2, -0.15) is 0 Å². The maximum Gasteiger partial charge on any atom is 0.292 e. The molecule has 0 spiro atoms. The average molecular weight is 194 g/mol. The number of hydrogen-bond acceptors (Lipinski definition) is 3. The summed E-state index contributed by atoms with van der Waals surface area (Å²) in [5.74, 6) is 1.45. The van der Waals surface area contributed by atoms with E-state index < -0.39 is 0 Å². The Morgan fingerprint density at radius 2 is 1.93 bits per heavy atom. The summed E-state index contributed by atoms with van der Waals surface area (Å²) >= 11 is 0. The highest BCUT2D eigenvalue weighted by atomic mass is 16.5. The molecule has 0 bridgehead atoms. The lowest BCUT2D eigenvalue weighted by Gasteiger charge is -2.09. The Balaban J connectivity index is 1.70. The quantitative estimate of drug-likeness (QED) is 0.718. The molecule has 3 fully saturated rings. The van der Waals surface area contributed by atoms with Gasteiger partial charge < -0.3 is 4.74 Å². The number of rotatable bonds is 3. The average Bonchev–Trinajstić information content (AvgIpc) is 3.04. The number of ether oxygens (including phenoxy) is 1. The number of carbonyl (C=O) groups is 1. The molecule has 1 N–H and O–H groups in total. The lowest BCUT2D eigenvalue weighted by atomic mass is 10.1. The summed E-state index contributed by atoms with van der Waals surface area (Å²) in [6.07, 6.45) is 5.19. The molecule has 4 heteroatoms. The second-order valence-corrected chi connectivity index (χ2v) is 4.44. The van der Waals surface area contributed by atoms with Crippen LogP contribution in [0.1, 0.15) is 25.7 Å². The van der Waals surface area contributed by atoms with E-state index in [1.165, 1.54) is 25.7 Å². The van der Waals surface area contributed by atoms with Gasteiger partial charge in [0.1, 0.15) is 0 Å². The van der Waals surface area contributed by atoms with Crippen LogP contribution in [0.3, 0.4) is 0 Å². The van der Waals surface area contributed by atoms with Crippen LogP contribution < -0.4 is 5.32 Å². The van der Waals surface area contributed by atoms with Gasteiger partial charge in [-0.25, -0.2) is 4.99 Å². The van der Waals surface area contributed by atoms with Crippen LogP contribution in [0.15, 0.2) is 4.99 Å². The molecular formula is C10H14N2O2. The number of hydrogen-bond donors (Lipinski definition) is 1. The van der Waals surface area contributed by atoms with Crippen molar-refractivity contribution in [1.82, 2.24) is 5.32 Å². The number of amides is 1. The van der Waals surface area contributed by atoms with Gasteiger partial charge in [0.25, 0.3) is 11.9 Å². The van der Waals surface area contributed by atoms with Crippen LogP contribution >= 0.6 is 0 Å². The van der Waals surface area contributed by atoms with Crippen LogP contribution in [0.5, 0.6) is 0 Å². The molecule has 1 amide bonds. The zero-order valence-corrected chi connectivity index (χ0v) is 8.03. The van der Waals surface area contributed by atoms with E-state index in [1.54, 1.807) is 0 Å². The van der Waals surface area contributed by atoms with Crippen molar-refractivity contribution in [1.29, 1.82) is 0 Å². The molecule has 0 unspecified atom stereocenters. The highest BCUT2D eigenvalue weighted by Gasteiger charge is 2.42. The smallest absolute Gasteiger partial charge is 0.292 e. The molecule has 0 radical (unpaired) electrons. The summed E-state index contributed by atoms with van der Waals surface area (Å²) in [7, 11) is 0. The van der Waals surface area contributed by atoms with E-state index in [1.807, 2.05) is 0 Å². The molecule has 2 saturated carbocycles. The normalized spacial score (nSPS) is 29.5. The van der Waals surface area contributed by atoms with Gasteiger partial charge in [-0.05, 0) is 37.5 Å². The Hall–Kier alpha value is -1.06. The van der Waals surface area contributed by atoms with Crippen molar-refractivity contribution in [2.45, 2.75) is 31.7 Å². The fourth-order valence-corrected chi connectivity index (χ4v) is 2.00. The molecule has 76 valence electrons. The molecule has 2 aliphatic carbocycles. The zero-order valence-electron chi connectivity index (χ0n) is 8.03. The van der Waals surface area contributed by atoms with Gasteiger partial charge in [-0.3, -0.25) is 10.1 Å². The summed E-state index contributed by atoms with van der Waals surface area (Å²) in [4.78, 5) is 15.4. The number of nitrogens with zero attached hydrogens (tertiary/aromatic N) is 1.